The fraction of sp³-hybridized carbons (Fsp3) is 0.500. The van der Waals surface area contributed by atoms with E-state index >= 15 is 0 Å². The molecular formula is C18H22N6O4. The van der Waals surface area contributed by atoms with E-state index in [1.54, 1.807) is 51.8 Å². The van der Waals surface area contributed by atoms with Crippen molar-refractivity contribution in [3.63, 3.8) is 0 Å². The van der Waals surface area contributed by atoms with Crippen molar-refractivity contribution in [1.82, 2.24) is 24.7 Å². The number of anilines is 1. The Balaban J connectivity index is 1.62. The maximum Gasteiger partial charge on any atom is 0.276 e. The summed E-state index contributed by atoms with van der Waals surface area (Å²) in [4.78, 5) is 42.7. The summed E-state index contributed by atoms with van der Waals surface area (Å²) in [7, 11) is 1.78. The van der Waals surface area contributed by atoms with Gasteiger partial charge in [0.2, 0.25) is 11.8 Å². The molecule has 2 saturated heterocycles. The van der Waals surface area contributed by atoms with Gasteiger partial charge in [0.05, 0.1) is 24.0 Å². The van der Waals surface area contributed by atoms with Gasteiger partial charge in [0.25, 0.3) is 5.91 Å². The molecule has 2 aromatic heterocycles. The van der Waals surface area contributed by atoms with Crippen LogP contribution in [0.2, 0.25) is 0 Å². The maximum absolute atomic E-state index is 12.8. The fourth-order valence-corrected chi connectivity index (χ4v) is 4.09. The summed E-state index contributed by atoms with van der Waals surface area (Å²) in [6.07, 6.45) is 3.98. The summed E-state index contributed by atoms with van der Waals surface area (Å²) in [6.45, 7) is 4.30. The number of rotatable bonds is 2. The minimum absolute atomic E-state index is 0.0185. The van der Waals surface area contributed by atoms with E-state index in [1.807, 2.05) is 0 Å². The number of piperazine rings is 1. The van der Waals surface area contributed by atoms with E-state index in [2.05, 4.69) is 10.3 Å². The lowest BCUT2D eigenvalue weighted by Gasteiger charge is -2.47. The van der Waals surface area contributed by atoms with Crippen molar-refractivity contribution in [3.05, 3.63) is 29.9 Å². The van der Waals surface area contributed by atoms with Gasteiger partial charge >= 0.3 is 0 Å². The molecule has 0 bridgehead atoms. The maximum atomic E-state index is 12.8. The molecule has 0 N–H and O–H groups in total. The molecular weight excluding hydrogens is 364 g/mol. The quantitative estimate of drug-likeness (QED) is 0.730. The number of carbonyl (C=O) groups is 3. The molecule has 0 aromatic carbocycles. The molecule has 0 unspecified atom stereocenters. The van der Waals surface area contributed by atoms with Gasteiger partial charge in [-0.2, -0.15) is 5.10 Å². The Labute approximate surface area is 161 Å². The van der Waals surface area contributed by atoms with Crippen molar-refractivity contribution in [2.45, 2.75) is 25.8 Å². The molecule has 4 rings (SSSR count). The molecule has 3 amide bonds. The Morgan fingerprint density at radius 3 is 2.68 bits per heavy atom. The first-order valence-electron chi connectivity index (χ1n) is 9.09. The Morgan fingerprint density at radius 2 is 2.07 bits per heavy atom. The van der Waals surface area contributed by atoms with Crippen molar-refractivity contribution in [1.29, 1.82) is 0 Å². The number of aryl methyl sites for hydroxylation is 2. The number of carbonyl (C=O) groups excluding carboxylic acids is 3. The van der Waals surface area contributed by atoms with Crippen LogP contribution in [0.1, 0.15) is 29.6 Å². The molecule has 0 saturated carbocycles. The van der Waals surface area contributed by atoms with Crippen LogP contribution in [0.15, 0.2) is 23.0 Å². The van der Waals surface area contributed by atoms with Gasteiger partial charge in [0.15, 0.2) is 5.69 Å². The normalized spacial score (nSPS) is 22.4. The van der Waals surface area contributed by atoms with E-state index in [9.17, 15) is 14.4 Å². The van der Waals surface area contributed by atoms with Crippen LogP contribution in [-0.2, 0) is 16.6 Å². The summed E-state index contributed by atoms with van der Waals surface area (Å²) in [5, 5.41) is 7.94. The van der Waals surface area contributed by atoms with Crippen LogP contribution >= 0.6 is 0 Å². The highest BCUT2D eigenvalue weighted by Crippen LogP contribution is 2.35. The molecule has 0 radical (unpaired) electrons. The summed E-state index contributed by atoms with van der Waals surface area (Å²) in [5.74, 6) is -0.00723. The number of nitrogens with zero attached hydrogens (tertiary/aromatic N) is 6. The molecule has 10 nitrogen and oxygen atoms in total. The molecule has 0 aliphatic carbocycles. The first-order chi connectivity index (χ1) is 13.3. The third kappa shape index (κ3) is 2.94. The van der Waals surface area contributed by atoms with E-state index in [0.717, 1.165) is 0 Å². The monoisotopic (exact) mass is 386 g/mol. The van der Waals surface area contributed by atoms with Crippen LogP contribution in [-0.4, -0.2) is 74.2 Å². The van der Waals surface area contributed by atoms with Gasteiger partial charge in [-0.05, 0) is 13.3 Å². The zero-order valence-electron chi connectivity index (χ0n) is 16.1. The zero-order chi connectivity index (χ0) is 20.1. The molecule has 2 fully saturated rings. The summed E-state index contributed by atoms with van der Waals surface area (Å²) >= 11 is 0. The topological polar surface area (TPSA) is 105 Å². The van der Waals surface area contributed by atoms with E-state index in [0.29, 0.717) is 37.5 Å². The number of hydrogen-bond acceptors (Lipinski definition) is 6. The summed E-state index contributed by atoms with van der Waals surface area (Å²) in [5.41, 5.74) is 0.302. The highest BCUT2D eigenvalue weighted by atomic mass is 16.5. The van der Waals surface area contributed by atoms with Crippen LogP contribution < -0.4 is 4.90 Å². The number of hydrogen-bond donors (Lipinski definition) is 0. The molecule has 2 aromatic rings. The molecule has 1 atom stereocenters. The lowest BCUT2D eigenvalue weighted by molar-refractivity contribution is -0.142. The predicted molar refractivity (Wildman–Crippen MR) is 97.4 cm³/mol. The van der Waals surface area contributed by atoms with Gasteiger partial charge < -0.3 is 19.2 Å². The third-order valence-corrected chi connectivity index (χ3v) is 5.47. The third-order valence-electron chi connectivity index (χ3n) is 5.47. The van der Waals surface area contributed by atoms with Crippen molar-refractivity contribution in [2.75, 3.05) is 31.1 Å². The van der Waals surface area contributed by atoms with Crippen LogP contribution in [0.4, 0.5) is 5.69 Å². The van der Waals surface area contributed by atoms with E-state index in [1.165, 1.54) is 6.92 Å². The van der Waals surface area contributed by atoms with Crippen LogP contribution in [0, 0.1) is 6.92 Å². The second kappa shape index (κ2) is 6.47. The molecule has 10 heteroatoms. The lowest BCUT2D eigenvalue weighted by Crippen LogP contribution is -2.67. The van der Waals surface area contributed by atoms with Crippen molar-refractivity contribution < 1.29 is 18.9 Å². The van der Waals surface area contributed by atoms with Gasteiger partial charge in [0.1, 0.15) is 12.3 Å². The Morgan fingerprint density at radius 1 is 1.29 bits per heavy atom. The zero-order valence-corrected chi connectivity index (χ0v) is 16.1. The van der Waals surface area contributed by atoms with Gasteiger partial charge in [-0.15, -0.1) is 0 Å². The second-order valence-electron chi connectivity index (χ2n) is 7.48. The minimum Gasteiger partial charge on any atom is -0.361 e. The fourth-order valence-electron chi connectivity index (χ4n) is 4.09. The van der Waals surface area contributed by atoms with Gasteiger partial charge in [-0.25, -0.2) is 0 Å². The first-order valence-corrected chi connectivity index (χ1v) is 9.09. The average molecular weight is 386 g/mol. The minimum atomic E-state index is -0.635. The molecule has 148 valence electrons. The van der Waals surface area contributed by atoms with Gasteiger partial charge in [-0.1, -0.05) is 5.16 Å². The Bertz CT molecular complexity index is 950. The van der Waals surface area contributed by atoms with E-state index in [-0.39, 0.29) is 30.0 Å². The smallest absolute Gasteiger partial charge is 0.276 e. The summed E-state index contributed by atoms with van der Waals surface area (Å²) < 4.78 is 6.64. The number of amides is 3. The highest BCUT2D eigenvalue weighted by Gasteiger charge is 2.51. The molecule has 2 aliphatic heterocycles. The lowest BCUT2D eigenvalue weighted by atomic mass is 9.92. The Hall–Kier alpha value is -3.17. The van der Waals surface area contributed by atoms with Crippen LogP contribution in [0.25, 0.3) is 0 Å². The van der Waals surface area contributed by atoms with Gasteiger partial charge in [-0.3, -0.25) is 19.1 Å². The second-order valence-corrected chi connectivity index (χ2v) is 7.48. The SMILES string of the molecule is CC(=O)N1CC(=O)N(c2cnn(C)c2)C[C@@]12CCN(C(=O)c1cc(C)on1)C2. The average Bonchev–Trinajstić information content (AvgIpc) is 3.37. The van der Waals surface area contributed by atoms with Crippen molar-refractivity contribution in [3.8, 4) is 0 Å². The van der Waals surface area contributed by atoms with Crippen LogP contribution in [0.5, 0.6) is 0 Å². The molecule has 1 spiro atoms. The van der Waals surface area contributed by atoms with Crippen LogP contribution in [0.3, 0.4) is 0 Å². The number of aromatic nitrogens is 3. The Kier molecular flexibility index (Phi) is 4.20. The predicted octanol–water partition coefficient (Wildman–Crippen LogP) is 0.197. The number of likely N-dealkylation sites (tertiary alicyclic amines) is 1. The largest absolute Gasteiger partial charge is 0.361 e. The van der Waals surface area contributed by atoms with E-state index in [4.69, 9.17) is 4.52 Å². The van der Waals surface area contributed by atoms with Crippen molar-refractivity contribution in [2.24, 2.45) is 7.05 Å². The summed E-state index contributed by atoms with van der Waals surface area (Å²) in [6, 6.07) is 1.60. The van der Waals surface area contributed by atoms with Crippen molar-refractivity contribution >= 4 is 23.4 Å². The molecule has 2 aliphatic rings. The standard InChI is InChI=1S/C18H22N6O4/c1-12-6-15(20-28-12)17(27)22-5-4-18(10-22)11-23(14-7-19-21(3)8-14)16(26)9-24(18)13(2)25/h6-8H,4-5,9-11H2,1-3H3/t18-/m0/s1. The highest BCUT2D eigenvalue weighted by molar-refractivity contribution is 5.98. The first kappa shape index (κ1) is 18.2. The van der Waals surface area contributed by atoms with E-state index < -0.39 is 5.54 Å². The molecule has 4 heterocycles. The molecule has 28 heavy (non-hydrogen) atoms. The van der Waals surface area contributed by atoms with Gasteiger partial charge in [0, 0.05) is 39.3 Å².